The van der Waals surface area contributed by atoms with Gasteiger partial charge >= 0.3 is 0 Å². The summed E-state index contributed by atoms with van der Waals surface area (Å²) in [5.74, 6) is 0.902. The van der Waals surface area contributed by atoms with Crippen molar-refractivity contribution in [3.05, 3.63) is 0 Å². The first kappa shape index (κ1) is 9.20. The van der Waals surface area contributed by atoms with Gasteiger partial charge < -0.3 is 5.32 Å². The molecule has 2 fully saturated rings. The van der Waals surface area contributed by atoms with Crippen LogP contribution in [0.3, 0.4) is 0 Å². The minimum atomic E-state index is 0.388. The summed E-state index contributed by atoms with van der Waals surface area (Å²) in [6, 6.07) is 1.31. The summed E-state index contributed by atoms with van der Waals surface area (Å²) in [6.45, 7) is 2.09. The number of rotatable bonds is 3. The summed E-state index contributed by atoms with van der Waals surface area (Å²) in [5, 5.41) is 3.57. The Morgan fingerprint density at radius 3 is 2.46 bits per heavy atom. The molecule has 0 radical (unpaired) electrons. The molecule has 0 aromatic heterocycles. The molecule has 2 aliphatic heterocycles. The summed E-state index contributed by atoms with van der Waals surface area (Å²) < 4.78 is 0. The number of nitrogens with one attached hydrogen (secondary N) is 1. The zero-order valence-corrected chi connectivity index (χ0v) is 8.38. The molecule has 2 nitrogen and oxygen atoms in total. The lowest BCUT2D eigenvalue weighted by atomic mass is 9.87. The molecule has 2 atom stereocenters. The van der Waals surface area contributed by atoms with Crippen LogP contribution >= 0.6 is 0 Å². The van der Waals surface area contributed by atoms with Gasteiger partial charge in [0.1, 0.15) is 5.78 Å². The van der Waals surface area contributed by atoms with Crippen molar-refractivity contribution >= 4 is 5.78 Å². The lowest BCUT2D eigenvalue weighted by Crippen LogP contribution is -2.40. The van der Waals surface area contributed by atoms with Crippen LogP contribution in [0.4, 0.5) is 0 Å². The fourth-order valence-corrected chi connectivity index (χ4v) is 2.77. The predicted molar refractivity (Wildman–Crippen MR) is 52.6 cm³/mol. The SMILES string of the molecule is CCCC(=O)C1CC2CCC(C1)N2. The number of ketones is 1. The lowest BCUT2D eigenvalue weighted by molar-refractivity contribution is -0.124. The molecule has 0 aliphatic carbocycles. The Morgan fingerprint density at radius 1 is 1.31 bits per heavy atom. The molecule has 2 rings (SSSR count). The van der Waals surface area contributed by atoms with E-state index in [0.717, 1.165) is 25.7 Å². The van der Waals surface area contributed by atoms with Gasteiger partial charge in [-0.3, -0.25) is 4.79 Å². The van der Waals surface area contributed by atoms with Gasteiger partial charge in [0.15, 0.2) is 0 Å². The maximum absolute atomic E-state index is 11.7. The molecule has 2 unspecified atom stereocenters. The molecule has 0 aromatic rings. The van der Waals surface area contributed by atoms with Crippen molar-refractivity contribution in [1.82, 2.24) is 5.32 Å². The number of Topliss-reactive ketones (excluding diaryl/α,β-unsaturated/α-hetero) is 1. The molecule has 0 amide bonds. The van der Waals surface area contributed by atoms with Crippen LogP contribution in [0.5, 0.6) is 0 Å². The highest BCUT2D eigenvalue weighted by Crippen LogP contribution is 2.31. The molecular formula is C11H19NO. The molecule has 2 heteroatoms. The van der Waals surface area contributed by atoms with Crippen LogP contribution < -0.4 is 5.32 Å². The highest BCUT2D eigenvalue weighted by atomic mass is 16.1. The van der Waals surface area contributed by atoms with Gasteiger partial charge in [0.2, 0.25) is 0 Å². The van der Waals surface area contributed by atoms with Gasteiger partial charge in [-0.15, -0.1) is 0 Å². The van der Waals surface area contributed by atoms with Crippen LogP contribution in [0.15, 0.2) is 0 Å². The van der Waals surface area contributed by atoms with E-state index in [1.807, 2.05) is 0 Å². The number of hydrogen-bond acceptors (Lipinski definition) is 2. The molecule has 0 saturated carbocycles. The minimum absolute atomic E-state index is 0.388. The second kappa shape index (κ2) is 3.79. The van der Waals surface area contributed by atoms with Crippen LogP contribution in [0.25, 0.3) is 0 Å². The van der Waals surface area contributed by atoms with Gasteiger partial charge in [-0.1, -0.05) is 6.92 Å². The first-order chi connectivity index (χ1) is 6.29. The summed E-state index contributed by atoms with van der Waals surface area (Å²) in [6.07, 6.45) is 6.61. The molecule has 2 bridgehead atoms. The van der Waals surface area contributed by atoms with Crippen molar-refractivity contribution < 1.29 is 4.79 Å². The summed E-state index contributed by atoms with van der Waals surface area (Å²) in [4.78, 5) is 11.7. The van der Waals surface area contributed by atoms with E-state index in [0.29, 0.717) is 23.8 Å². The van der Waals surface area contributed by atoms with Crippen molar-refractivity contribution in [2.75, 3.05) is 0 Å². The zero-order valence-electron chi connectivity index (χ0n) is 8.38. The second-order valence-corrected chi connectivity index (χ2v) is 4.52. The molecule has 13 heavy (non-hydrogen) atoms. The summed E-state index contributed by atoms with van der Waals surface area (Å²) in [7, 11) is 0. The molecule has 74 valence electrons. The zero-order chi connectivity index (χ0) is 9.26. The lowest BCUT2D eigenvalue weighted by Gasteiger charge is -2.27. The standard InChI is InChI=1S/C11H19NO/c1-2-3-11(13)8-6-9-4-5-10(7-8)12-9/h8-10,12H,2-7H2,1H3. The van der Waals surface area contributed by atoms with Crippen molar-refractivity contribution in [1.29, 1.82) is 0 Å². The van der Waals surface area contributed by atoms with E-state index in [9.17, 15) is 4.79 Å². The van der Waals surface area contributed by atoms with Gasteiger partial charge in [0.25, 0.3) is 0 Å². The van der Waals surface area contributed by atoms with Crippen molar-refractivity contribution in [3.63, 3.8) is 0 Å². The third-order valence-electron chi connectivity index (χ3n) is 3.42. The molecule has 0 spiro atoms. The Hall–Kier alpha value is -0.370. The highest BCUT2D eigenvalue weighted by Gasteiger charge is 2.35. The van der Waals surface area contributed by atoms with E-state index < -0.39 is 0 Å². The van der Waals surface area contributed by atoms with Gasteiger partial charge in [-0.2, -0.15) is 0 Å². The van der Waals surface area contributed by atoms with Gasteiger partial charge in [0.05, 0.1) is 0 Å². The van der Waals surface area contributed by atoms with Crippen LogP contribution in [-0.2, 0) is 4.79 Å². The number of carbonyl (C=O) groups is 1. The molecule has 1 N–H and O–H groups in total. The van der Waals surface area contributed by atoms with E-state index >= 15 is 0 Å². The fourth-order valence-electron chi connectivity index (χ4n) is 2.77. The second-order valence-electron chi connectivity index (χ2n) is 4.52. The highest BCUT2D eigenvalue weighted by molar-refractivity contribution is 5.81. The van der Waals surface area contributed by atoms with Crippen molar-refractivity contribution in [3.8, 4) is 0 Å². The predicted octanol–water partition coefficient (Wildman–Crippen LogP) is 1.89. The number of fused-ring (bicyclic) bond motifs is 2. The van der Waals surface area contributed by atoms with E-state index in [1.165, 1.54) is 12.8 Å². The largest absolute Gasteiger partial charge is 0.311 e. The van der Waals surface area contributed by atoms with Gasteiger partial charge in [-0.05, 0) is 32.1 Å². The Kier molecular flexibility index (Phi) is 2.68. The Labute approximate surface area is 80.1 Å². The number of carbonyl (C=O) groups excluding carboxylic acids is 1. The quantitative estimate of drug-likeness (QED) is 0.720. The minimum Gasteiger partial charge on any atom is -0.311 e. The Morgan fingerprint density at radius 2 is 1.92 bits per heavy atom. The molecule has 2 heterocycles. The Balaban J connectivity index is 1.91. The number of hydrogen-bond donors (Lipinski definition) is 1. The first-order valence-corrected chi connectivity index (χ1v) is 5.58. The van der Waals surface area contributed by atoms with Crippen LogP contribution in [-0.4, -0.2) is 17.9 Å². The average Bonchev–Trinajstić information content (AvgIpc) is 2.46. The average molecular weight is 181 g/mol. The molecule has 2 aliphatic rings. The topological polar surface area (TPSA) is 29.1 Å². The van der Waals surface area contributed by atoms with Crippen LogP contribution in [0.2, 0.25) is 0 Å². The van der Waals surface area contributed by atoms with E-state index in [1.54, 1.807) is 0 Å². The monoisotopic (exact) mass is 181 g/mol. The maximum atomic E-state index is 11.7. The maximum Gasteiger partial charge on any atom is 0.136 e. The molecular weight excluding hydrogens is 162 g/mol. The molecule has 2 saturated heterocycles. The van der Waals surface area contributed by atoms with Crippen molar-refractivity contribution in [2.24, 2.45) is 5.92 Å². The summed E-state index contributed by atoms with van der Waals surface area (Å²) in [5.41, 5.74) is 0. The smallest absolute Gasteiger partial charge is 0.136 e. The van der Waals surface area contributed by atoms with Crippen molar-refractivity contribution in [2.45, 2.75) is 57.5 Å². The van der Waals surface area contributed by atoms with Crippen LogP contribution in [0.1, 0.15) is 45.4 Å². The van der Waals surface area contributed by atoms with E-state index in [2.05, 4.69) is 12.2 Å². The third kappa shape index (κ3) is 1.93. The van der Waals surface area contributed by atoms with Gasteiger partial charge in [0, 0.05) is 24.4 Å². The summed E-state index contributed by atoms with van der Waals surface area (Å²) >= 11 is 0. The van der Waals surface area contributed by atoms with E-state index in [-0.39, 0.29) is 0 Å². The third-order valence-corrected chi connectivity index (χ3v) is 3.42. The van der Waals surface area contributed by atoms with Crippen LogP contribution in [0, 0.1) is 5.92 Å². The van der Waals surface area contributed by atoms with E-state index in [4.69, 9.17) is 0 Å². The molecule has 0 aromatic carbocycles. The first-order valence-electron chi connectivity index (χ1n) is 5.58. The van der Waals surface area contributed by atoms with Gasteiger partial charge in [-0.25, -0.2) is 0 Å². The fraction of sp³-hybridized carbons (Fsp3) is 0.909. The normalized spacial score (nSPS) is 37.8. The number of piperidine rings is 1. The Bertz CT molecular complexity index is 190.